The molecule has 5 heteroatoms. The van der Waals surface area contributed by atoms with Gasteiger partial charge >= 0.3 is 21.1 Å². The van der Waals surface area contributed by atoms with Gasteiger partial charge in [-0.2, -0.15) is 12.1 Å². The molecule has 272 valence electrons. The van der Waals surface area contributed by atoms with Crippen LogP contribution in [0.15, 0.2) is 200 Å². The molecule has 0 aliphatic carbocycles. The number of ether oxygens (including phenoxy) is 1. The summed E-state index contributed by atoms with van der Waals surface area (Å²) < 4.78 is 8.83. The number of pyridine rings is 2. The zero-order valence-electron chi connectivity index (χ0n) is 30.6. The summed E-state index contributed by atoms with van der Waals surface area (Å²) in [5.41, 5.74) is 12.3. The minimum absolute atomic E-state index is 0. The molecule has 0 atom stereocenters. The molecule has 57 heavy (non-hydrogen) atoms. The van der Waals surface area contributed by atoms with Gasteiger partial charge in [0.05, 0.1) is 0 Å². The van der Waals surface area contributed by atoms with Crippen molar-refractivity contribution in [2.45, 2.75) is 0 Å². The number of hydrogen-bond acceptors (Lipinski definition) is 3. The molecule has 0 spiro atoms. The standard InChI is InChI=1S/C52H33N3O.Pt/c1-5-15-36(16-6-1)40-25-27-53-51(32-40)55-49-24-14-13-23-45(49)48-34-46(39-21-11-4-12-22-39)47(35-50(48)55)43-29-42(38-19-9-3-10-20-38)30-44(31-43)56-52-33-41(26-28-54-52)37-17-7-2-8-18-37;/h1-30,32-34H;/q-2;+2. The van der Waals surface area contributed by atoms with Crippen LogP contribution in [-0.4, -0.2) is 14.5 Å². The van der Waals surface area contributed by atoms with Crippen molar-refractivity contribution in [2.24, 2.45) is 0 Å². The van der Waals surface area contributed by atoms with E-state index in [0.717, 1.165) is 83.3 Å². The topological polar surface area (TPSA) is 39.9 Å². The van der Waals surface area contributed by atoms with Crippen molar-refractivity contribution in [1.82, 2.24) is 14.5 Å². The Balaban J connectivity index is 0.00000422. The molecule has 4 nitrogen and oxygen atoms in total. The smallest absolute Gasteiger partial charge is 0.460 e. The summed E-state index contributed by atoms with van der Waals surface area (Å²) in [7, 11) is 0. The van der Waals surface area contributed by atoms with Gasteiger partial charge in [0, 0.05) is 29.7 Å². The quantitative estimate of drug-likeness (QED) is 0.143. The van der Waals surface area contributed by atoms with E-state index >= 15 is 0 Å². The van der Waals surface area contributed by atoms with Gasteiger partial charge in [0.15, 0.2) is 0 Å². The third-order valence-electron chi connectivity index (χ3n) is 10.2. The van der Waals surface area contributed by atoms with E-state index in [9.17, 15) is 0 Å². The molecule has 0 saturated heterocycles. The molecule has 0 saturated carbocycles. The summed E-state index contributed by atoms with van der Waals surface area (Å²) >= 11 is 0. The Morgan fingerprint density at radius 3 is 1.67 bits per heavy atom. The fourth-order valence-electron chi connectivity index (χ4n) is 7.50. The largest absolute Gasteiger partial charge is 2.00 e. The molecule has 0 unspecified atom stereocenters. The molecule has 0 bridgehead atoms. The fraction of sp³-hybridized carbons (Fsp3) is 0. The minimum Gasteiger partial charge on any atom is -0.460 e. The average Bonchev–Trinajstić information content (AvgIpc) is 3.60. The number of aromatic nitrogens is 3. The van der Waals surface area contributed by atoms with Gasteiger partial charge in [-0.1, -0.05) is 157 Å². The molecule has 10 aromatic rings. The van der Waals surface area contributed by atoms with E-state index in [1.54, 1.807) is 6.20 Å². The zero-order chi connectivity index (χ0) is 37.3. The maximum absolute atomic E-state index is 6.60. The third kappa shape index (κ3) is 7.08. The van der Waals surface area contributed by atoms with Crippen LogP contribution in [0, 0.1) is 12.1 Å². The van der Waals surface area contributed by atoms with Gasteiger partial charge in [0.1, 0.15) is 5.82 Å². The molecule has 7 aromatic carbocycles. The van der Waals surface area contributed by atoms with Gasteiger partial charge in [-0.05, 0) is 63.0 Å². The molecule has 0 N–H and O–H groups in total. The number of para-hydroxylation sites is 1. The number of benzene rings is 7. The van der Waals surface area contributed by atoms with Gasteiger partial charge < -0.3 is 9.30 Å². The van der Waals surface area contributed by atoms with E-state index in [4.69, 9.17) is 9.72 Å². The van der Waals surface area contributed by atoms with Gasteiger partial charge in [-0.25, -0.2) is 21.1 Å². The van der Waals surface area contributed by atoms with Crippen LogP contribution in [0.2, 0.25) is 0 Å². The molecule has 0 radical (unpaired) electrons. The summed E-state index contributed by atoms with van der Waals surface area (Å²) in [6.45, 7) is 0. The van der Waals surface area contributed by atoms with E-state index in [-0.39, 0.29) is 21.1 Å². The van der Waals surface area contributed by atoms with Crippen molar-refractivity contribution in [1.29, 1.82) is 0 Å². The molecule has 3 heterocycles. The predicted molar refractivity (Wildman–Crippen MR) is 228 cm³/mol. The Hall–Kier alpha value is -6.87. The summed E-state index contributed by atoms with van der Waals surface area (Å²) in [5, 5.41) is 2.22. The summed E-state index contributed by atoms with van der Waals surface area (Å²) in [6, 6.07) is 72.4. The van der Waals surface area contributed by atoms with Crippen molar-refractivity contribution in [2.75, 3.05) is 0 Å². The number of rotatable bonds is 8. The normalized spacial score (nSPS) is 11.0. The van der Waals surface area contributed by atoms with Gasteiger partial charge in [0.2, 0.25) is 5.88 Å². The summed E-state index contributed by atoms with van der Waals surface area (Å²) in [4.78, 5) is 9.55. The van der Waals surface area contributed by atoms with Crippen molar-refractivity contribution in [3.8, 4) is 73.1 Å². The molecule has 10 rings (SSSR count). The zero-order valence-corrected chi connectivity index (χ0v) is 32.9. The van der Waals surface area contributed by atoms with E-state index in [2.05, 4.69) is 155 Å². The molecule has 0 aliphatic heterocycles. The number of hydrogen-bond donors (Lipinski definition) is 0. The Morgan fingerprint density at radius 1 is 0.439 bits per heavy atom. The van der Waals surface area contributed by atoms with Gasteiger partial charge in [0.25, 0.3) is 0 Å². The maximum atomic E-state index is 6.60. The van der Waals surface area contributed by atoms with Crippen LogP contribution in [-0.2, 0) is 21.1 Å². The van der Waals surface area contributed by atoms with Crippen LogP contribution >= 0.6 is 0 Å². The first-order valence-corrected chi connectivity index (χ1v) is 18.6. The monoisotopic (exact) mass is 910 g/mol. The maximum Gasteiger partial charge on any atom is 2.00 e. The Bertz CT molecular complexity index is 2980. The number of fused-ring (bicyclic) bond motifs is 3. The van der Waals surface area contributed by atoms with E-state index in [1.807, 2.05) is 60.8 Å². The van der Waals surface area contributed by atoms with Crippen molar-refractivity contribution in [3.63, 3.8) is 0 Å². The third-order valence-corrected chi connectivity index (χ3v) is 10.2. The molecule has 0 aliphatic rings. The van der Waals surface area contributed by atoms with Crippen LogP contribution in [0.25, 0.3) is 83.3 Å². The van der Waals surface area contributed by atoms with Crippen LogP contribution in [0.3, 0.4) is 0 Å². The molecular weight excluding hydrogens is 878 g/mol. The molecule has 0 fully saturated rings. The van der Waals surface area contributed by atoms with Gasteiger partial charge in [-0.15, -0.1) is 23.3 Å². The molecule has 3 aromatic heterocycles. The summed E-state index contributed by atoms with van der Waals surface area (Å²) in [5.74, 6) is 1.87. The van der Waals surface area contributed by atoms with E-state index in [0.29, 0.717) is 11.6 Å². The predicted octanol–water partition coefficient (Wildman–Crippen LogP) is 13.3. The first-order chi connectivity index (χ1) is 27.7. The van der Waals surface area contributed by atoms with Crippen molar-refractivity contribution < 1.29 is 25.8 Å². The van der Waals surface area contributed by atoms with Crippen LogP contribution < -0.4 is 4.74 Å². The Kier molecular flexibility index (Phi) is 9.86. The van der Waals surface area contributed by atoms with Crippen LogP contribution in [0.5, 0.6) is 11.6 Å². The SMILES string of the molecule is [Pt+2].[c-]1c(Oc2cc(-c3ccccc3)ccn2)cc(-c2ccccc2)cc1-c1[c-]c2c(cc1-c1ccccc1)c1ccccc1n2-c1cc(-c2ccccc2)ccn1. The fourth-order valence-corrected chi connectivity index (χ4v) is 7.50. The van der Waals surface area contributed by atoms with Crippen LogP contribution in [0.1, 0.15) is 0 Å². The first kappa shape index (κ1) is 35.8. The van der Waals surface area contributed by atoms with Gasteiger partial charge in [-0.3, -0.25) is 0 Å². The summed E-state index contributed by atoms with van der Waals surface area (Å²) in [6.07, 6.45) is 3.67. The molecule has 0 amide bonds. The average molecular weight is 911 g/mol. The second kappa shape index (κ2) is 15.7. The Morgan fingerprint density at radius 2 is 1.00 bits per heavy atom. The minimum atomic E-state index is 0. The van der Waals surface area contributed by atoms with E-state index < -0.39 is 0 Å². The van der Waals surface area contributed by atoms with Crippen molar-refractivity contribution >= 4 is 21.8 Å². The number of nitrogens with zero attached hydrogens (tertiary/aromatic N) is 3. The van der Waals surface area contributed by atoms with E-state index in [1.165, 1.54) is 0 Å². The first-order valence-electron chi connectivity index (χ1n) is 18.6. The second-order valence-electron chi connectivity index (χ2n) is 13.7. The molecular formula is C52H33N3OPt. The Labute approximate surface area is 346 Å². The van der Waals surface area contributed by atoms with Crippen LogP contribution in [0.4, 0.5) is 0 Å². The second-order valence-corrected chi connectivity index (χ2v) is 13.7. The van der Waals surface area contributed by atoms with Crippen molar-refractivity contribution in [3.05, 3.63) is 213 Å².